The highest BCUT2D eigenvalue weighted by molar-refractivity contribution is 7.17. The Morgan fingerprint density at radius 2 is 1.62 bits per heavy atom. The van der Waals surface area contributed by atoms with Gasteiger partial charge in [-0.3, -0.25) is 4.79 Å². The lowest BCUT2D eigenvalue weighted by Crippen LogP contribution is -2.25. The molecule has 0 aliphatic heterocycles. The Morgan fingerprint density at radius 1 is 1.00 bits per heavy atom. The van der Waals surface area contributed by atoms with Crippen molar-refractivity contribution in [2.24, 2.45) is 5.92 Å². The maximum absolute atomic E-state index is 12.7. The average Bonchev–Trinajstić information content (AvgIpc) is 3.37. The molecule has 1 aromatic heterocycles. The number of amides is 1. The van der Waals surface area contributed by atoms with Gasteiger partial charge in [-0.2, -0.15) is 0 Å². The molecule has 0 atom stereocenters. The lowest BCUT2D eigenvalue weighted by atomic mass is 10.1. The van der Waals surface area contributed by atoms with Gasteiger partial charge < -0.3 is 5.32 Å². The molecule has 1 amide bonds. The number of benzene rings is 2. The second kappa shape index (κ2) is 6.57. The van der Waals surface area contributed by atoms with E-state index in [4.69, 9.17) is 4.98 Å². The lowest BCUT2D eigenvalue weighted by molar-refractivity contribution is 0.0956. The van der Waals surface area contributed by atoms with Crippen molar-refractivity contribution in [3.8, 4) is 21.8 Å². The molecule has 2 aromatic carbocycles. The fourth-order valence-corrected chi connectivity index (χ4v) is 3.62. The van der Waals surface area contributed by atoms with Crippen LogP contribution in [-0.2, 0) is 0 Å². The van der Waals surface area contributed by atoms with E-state index in [9.17, 15) is 4.79 Å². The van der Waals surface area contributed by atoms with Crippen molar-refractivity contribution < 1.29 is 4.79 Å². The molecule has 1 N–H and O–H groups in total. The zero-order valence-corrected chi connectivity index (χ0v) is 14.1. The Bertz CT molecular complexity index is 839. The quantitative estimate of drug-likeness (QED) is 0.740. The molecule has 120 valence electrons. The van der Waals surface area contributed by atoms with Crippen molar-refractivity contribution in [1.82, 2.24) is 10.3 Å². The molecule has 0 bridgehead atoms. The number of hydrogen-bond donors (Lipinski definition) is 1. The van der Waals surface area contributed by atoms with Crippen molar-refractivity contribution in [2.45, 2.75) is 12.8 Å². The summed E-state index contributed by atoms with van der Waals surface area (Å²) < 4.78 is 0. The first-order valence-electron chi connectivity index (χ1n) is 8.21. The van der Waals surface area contributed by atoms with Crippen molar-refractivity contribution in [1.29, 1.82) is 0 Å². The molecule has 0 spiro atoms. The number of rotatable bonds is 5. The molecular formula is C20H18N2OS. The highest BCUT2D eigenvalue weighted by Crippen LogP contribution is 2.34. The largest absolute Gasteiger partial charge is 0.351 e. The van der Waals surface area contributed by atoms with Crippen LogP contribution < -0.4 is 5.32 Å². The number of thiazole rings is 1. The highest BCUT2D eigenvalue weighted by atomic mass is 32.1. The smallest absolute Gasteiger partial charge is 0.263 e. The summed E-state index contributed by atoms with van der Waals surface area (Å²) in [5.41, 5.74) is 2.79. The zero-order valence-electron chi connectivity index (χ0n) is 13.2. The Morgan fingerprint density at radius 3 is 2.25 bits per heavy atom. The first kappa shape index (κ1) is 15.1. The van der Waals surface area contributed by atoms with Gasteiger partial charge in [-0.15, -0.1) is 11.3 Å². The zero-order chi connectivity index (χ0) is 16.4. The molecule has 24 heavy (non-hydrogen) atoms. The summed E-state index contributed by atoms with van der Waals surface area (Å²) in [6.45, 7) is 0.769. The summed E-state index contributed by atoms with van der Waals surface area (Å²) in [4.78, 5) is 18.1. The average molecular weight is 334 g/mol. The van der Waals surface area contributed by atoms with Crippen molar-refractivity contribution in [2.75, 3.05) is 6.54 Å². The van der Waals surface area contributed by atoms with Gasteiger partial charge in [0, 0.05) is 17.7 Å². The van der Waals surface area contributed by atoms with Crippen LogP contribution in [0.25, 0.3) is 21.8 Å². The van der Waals surface area contributed by atoms with Crippen LogP contribution in [0.2, 0.25) is 0 Å². The standard InChI is InChI=1S/C20H18N2OS/c23-19(21-13-14-11-12-14)18-17(15-7-3-1-4-8-15)22-20(24-18)16-9-5-2-6-10-16/h1-10,14H,11-13H2,(H,21,23). The number of nitrogens with zero attached hydrogens (tertiary/aromatic N) is 1. The topological polar surface area (TPSA) is 42.0 Å². The van der Waals surface area contributed by atoms with Gasteiger partial charge in [-0.1, -0.05) is 60.7 Å². The van der Waals surface area contributed by atoms with Gasteiger partial charge in [0.15, 0.2) is 0 Å². The van der Waals surface area contributed by atoms with E-state index in [0.717, 1.165) is 28.4 Å². The Balaban J connectivity index is 1.72. The van der Waals surface area contributed by atoms with Gasteiger partial charge in [0.25, 0.3) is 5.91 Å². The van der Waals surface area contributed by atoms with Crippen LogP contribution in [0.4, 0.5) is 0 Å². The summed E-state index contributed by atoms with van der Waals surface area (Å²) in [5, 5.41) is 3.95. The maximum Gasteiger partial charge on any atom is 0.263 e. The van der Waals surface area contributed by atoms with Crippen LogP contribution in [-0.4, -0.2) is 17.4 Å². The van der Waals surface area contributed by atoms with Crippen LogP contribution in [0, 0.1) is 5.92 Å². The van der Waals surface area contributed by atoms with Gasteiger partial charge in [-0.25, -0.2) is 4.98 Å². The van der Waals surface area contributed by atoms with Gasteiger partial charge >= 0.3 is 0 Å². The van der Waals surface area contributed by atoms with Gasteiger partial charge in [0.2, 0.25) is 0 Å². The molecule has 1 heterocycles. The predicted molar refractivity (Wildman–Crippen MR) is 98.0 cm³/mol. The first-order valence-corrected chi connectivity index (χ1v) is 9.03. The third-order valence-electron chi connectivity index (χ3n) is 4.15. The molecule has 3 aromatic rings. The number of aromatic nitrogens is 1. The minimum Gasteiger partial charge on any atom is -0.351 e. The number of carbonyl (C=O) groups is 1. The van der Waals surface area contributed by atoms with Crippen LogP contribution in [0.3, 0.4) is 0 Å². The number of hydrogen-bond acceptors (Lipinski definition) is 3. The Hall–Kier alpha value is -2.46. The van der Waals surface area contributed by atoms with Gasteiger partial charge in [-0.05, 0) is 18.8 Å². The van der Waals surface area contributed by atoms with E-state index in [1.54, 1.807) is 0 Å². The molecule has 1 fully saturated rings. The summed E-state index contributed by atoms with van der Waals surface area (Å²) in [6.07, 6.45) is 2.45. The molecule has 0 unspecified atom stereocenters. The fourth-order valence-electron chi connectivity index (χ4n) is 2.61. The minimum atomic E-state index is -0.0135. The van der Waals surface area contributed by atoms with E-state index in [1.807, 2.05) is 60.7 Å². The van der Waals surface area contributed by atoms with E-state index < -0.39 is 0 Å². The van der Waals surface area contributed by atoms with Crippen LogP contribution in [0.15, 0.2) is 60.7 Å². The molecule has 1 aliphatic rings. The molecular weight excluding hydrogens is 316 g/mol. The van der Waals surface area contributed by atoms with Crippen molar-refractivity contribution in [3.05, 3.63) is 65.5 Å². The van der Waals surface area contributed by atoms with E-state index in [-0.39, 0.29) is 5.91 Å². The third kappa shape index (κ3) is 3.24. The van der Waals surface area contributed by atoms with E-state index in [2.05, 4.69) is 5.32 Å². The van der Waals surface area contributed by atoms with Gasteiger partial charge in [0.1, 0.15) is 9.88 Å². The highest BCUT2D eigenvalue weighted by Gasteiger charge is 2.24. The normalized spacial score (nSPS) is 13.7. The van der Waals surface area contributed by atoms with E-state index in [1.165, 1.54) is 24.2 Å². The van der Waals surface area contributed by atoms with Crippen molar-refractivity contribution in [3.63, 3.8) is 0 Å². The van der Waals surface area contributed by atoms with Crippen LogP contribution in [0.5, 0.6) is 0 Å². The summed E-state index contributed by atoms with van der Waals surface area (Å²) in [7, 11) is 0. The third-order valence-corrected chi connectivity index (χ3v) is 5.25. The van der Waals surface area contributed by atoms with Crippen LogP contribution >= 0.6 is 11.3 Å². The molecule has 1 aliphatic carbocycles. The lowest BCUT2D eigenvalue weighted by Gasteiger charge is -2.04. The molecule has 4 heteroatoms. The molecule has 3 nitrogen and oxygen atoms in total. The predicted octanol–water partition coefficient (Wildman–Crippen LogP) is 4.62. The molecule has 1 saturated carbocycles. The number of nitrogens with one attached hydrogen (secondary N) is 1. The van der Waals surface area contributed by atoms with Crippen molar-refractivity contribution >= 4 is 17.2 Å². The van der Waals surface area contributed by atoms with Crippen LogP contribution in [0.1, 0.15) is 22.5 Å². The van der Waals surface area contributed by atoms with Gasteiger partial charge in [0.05, 0.1) is 5.69 Å². The fraction of sp³-hybridized carbons (Fsp3) is 0.200. The van der Waals surface area contributed by atoms with E-state index in [0.29, 0.717) is 10.8 Å². The maximum atomic E-state index is 12.7. The summed E-state index contributed by atoms with van der Waals surface area (Å²) in [6, 6.07) is 19.9. The second-order valence-corrected chi connectivity index (χ2v) is 7.08. The second-order valence-electron chi connectivity index (χ2n) is 6.08. The first-order chi connectivity index (χ1) is 11.8. The monoisotopic (exact) mass is 334 g/mol. The molecule has 0 radical (unpaired) electrons. The molecule has 4 rings (SSSR count). The summed E-state index contributed by atoms with van der Waals surface area (Å²) >= 11 is 1.46. The Labute approximate surface area is 145 Å². The Kier molecular flexibility index (Phi) is 4.13. The molecule has 0 saturated heterocycles. The summed E-state index contributed by atoms with van der Waals surface area (Å²) in [5.74, 6) is 0.649. The minimum absolute atomic E-state index is 0.0135. The number of carbonyl (C=O) groups excluding carboxylic acids is 1. The SMILES string of the molecule is O=C(NCC1CC1)c1sc(-c2ccccc2)nc1-c1ccccc1. The van der Waals surface area contributed by atoms with E-state index >= 15 is 0 Å².